The summed E-state index contributed by atoms with van der Waals surface area (Å²) in [5.74, 6) is 1.30. The SMILES string of the molecule is COc1ccc(C(O)Cc2c(Br)c(C)nn2C)c(OC)c1. The number of methoxy groups -OCH3 is 2. The van der Waals surface area contributed by atoms with Gasteiger partial charge in [0.25, 0.3) is 0 Å². The third-order valence-corrected chi connectivity index (χ3v) is 4.48. The van der Waals surface area contributed by atoms with Gasteiger partial charge in [-0.1, -0.05) is 0 Å². The van der Waals surface area contributed by atoms with Gasteiger partial charge in [0, 0.05) is 25.1 Å². The van der Waals surface area contributed by atoms with Crippen molar-refractivity contribution in [2.75, 3.05) is 14.2 Å². The van der Waals surface area contributed by atoms with Crippen LogP contribution in [0.1, 0.15) is 23.1 Å². The van der Waals surface area contributed by atoms with E-state index in [-0.39, 0.29) is 0 Å². The summed E-state index contributed by atoms with van der Waals surface area (Å²) in [5, 5.41) is 14.9. The number of aromatic nitrogens is 2. The molecule has 2 aromatic rings. The molecule has 1 aromatic heterocycles. The van der Waals surface area contributed by atoms with E-state index in [4.69, 9.17) is 9.47 Å². The van der Waals surface area contributed by atoms with Gasteiger partial charge in [-0.25, -0.2) is 0 Å². The summed E-state index contributed by atoms with van der Waals surface area (Å²) in [6.07, 6.45) is -0.238. The molecule has 0 amide bonds. The highest BCUT2D eigenvalue weighted by Gasteiger charge is 2.19. The Hall–Kier alpha value is -1.53. The van der Waals surface area contributed by atoms with Gasteiger partial charge in [0.15, 0.2) is 0 Å². The second-order valence-electron chi connectivity index (χ2n) is 4.80. The lowest BCUT2D eigenvalue weighted by Crippen LogP contribution is -2.08. The van der Waals surface area contributed by atoms with Crippen LogP contribution in [0.4, 0.5) is 0 Å². The van der Waals surface area contributed by atoms with Gasteiger partial charge >= 0.3 is 0 Å². The number of aryl methyl sites for hydroxylation is 2. The molecule has 0 fully saturated rings. The largest absolute Gasteiger partial charge is 0.497 e. The van der Waals surface area contributed by atoms with Crippen LogP contribution < -0.4 is 9.47 Å². The first-order valence-corrected chi connectivity index (χ1v) is 7.35. The number of hydrogen-bond acceptors (Lipinski definition) is 4. The van der Waals surface area contributed by atoms with Crippen LogP contribution in [-0.2, 0) is 13.5 Å². The molecule has 0 radical (unpaired) electrons. The number of rotatable bonds is 5. The van der Waals surface area contributed by atoms with Gasteiger partial charge in [-0.05, 0) is 35.0 Å². The molecule has 0 aliphatic heterocycles. The van der Waals surface area contributed by atoms with Crippen molar-refractivity contribution >= 4 is 15.9 Å². The molecule has 0 aliphatic carbocycles. The Kier molecular flexibility index (Phi) is 4.90. The lowest BCUT2D eigenvalue weighted by molar-refractivity contribution is 0.171. The highest BCUT2D eigenvalue weighted by molar-refractivity contribution is 9.10. The van der Waals surface area contributed by atoms with E-state index in [1.807, 2.05) is 26.1 Å². The maximum atomic E-state index is 10.5. The third kappa shape index (κ3) is 3.22. The van der Waals surface area contributed by atoms with Crippen LogP contribution in [0.2, 0.25) is 0 Å². The van der Waals surface area contributed by atoms with Crippen LogP contribution in [-0.4, -0.2) is 29.1 Å². The molecule has 5 nitrogen and oxygen atoms in total. The lowest BCUT2D eigenvalue weighted by atomic mass is 10.0. The summed E-state index contributed by atoms with van der Waals surface area (Å²) in [5.41, 5.74) is 2.57. The maximum absolute atomic E-state index is 10.5. The Morgan fingerprint density at radius 1 is 1.33 bits per heavy atom. The first-order chi connectivity index (χ1) is 9.97. The van der Waals surface area contributed by atoms with E-state index in [9.17, 15) is 5.11 Å². The van der Waals surface area contributed by atoms with Crippen molar-refractivity contribution in [3.8, 4) is 11.5 Å². The van der Waals surface area contributed by atoms with E-state index >= 15 is 0 Å². The van der Waals surface area contributed by atoms with Gasteiger partial charge in [0.05, 0.1) is 36.2 Å². The first kappa shape index (κ1) is 15.9. The molecular formula is C15H19BrN2O3. The maximum Gasteiger partial charge on any atom is 0.128 e. The van der Waals surface area contributed by atoms with E-state index in [0.29, 0.717) is 17.9 Å². The minimum Gasteiger partial charge on any atom is -0.497 e. The van der Waals surface area contributed by atoms with Crippen molar-refractivity contribution in [3.63, 3.8) is 0 Å². The van der Waals surface area contributed by atoms with Crippen molar-refractivity contribution in [3.05, 3.63) is 39.6 Å². The van der Waals surface area contributed by atoms with Gasteiger partial charge < -0.3 is 14.6 Å². The van der Waals surface area contributed by atoms with E-state index in [0.717, 1.165) is 21.4 Å². The second-order valence-corrected chi connectivity index (χ2v) is 5.59. The fourth-order valence-corrected chi connectivity index (χ4v) is 2.79. The zero-order valence-corrected chi connectivity index (χ0v) is 14.1. The predicted molar refractivity (Wildman–Crippen MR) is 83.9 cm³/mol. The van der Waals surface area contributed by atoms with Gasteiger partial charge in [0.1, 0.15) is 11.5 Å². The summed E-state index contributed by atoms with van der Waals surface area (Å²) in [7, 11) is 5.04. The number of halogens is 1. The van der Waals surface area contributed by atoms with Gasteiger partial charge in [-0.3, -0.25) is 4.68 Å². The molecule has 6 heteroatoms. The molecule has 1 atom stereocenters. The minimum absolute atomic E-state index is 0.445. The molecule has 114 valence electrons. The molecule has 1 unspecified atom stereocenters. The van der Waals surface area contributed by atoms with Crippen LogP contribution in [0.15, 0.2) is 22.7 Å². The second kappa shape index (κ2) is 6.49. The fraction of sp³-hybridized carbons (Fsp3) is 0.400. The molecule has 1 aromatic carbocycles. The van der Waals surface area contributed by atoms with Crippen LogP contribution in [0.25, 0.3) is 0 Å². The molecule has 1 heterocycles. The van der Waals surface area contributed by atoms with E-state index in [1.165, 1.54) is 0 Å². The number of aliphatic hydroxyl groups excluding tert-OH is 1. The Morgan fingerprint density at radius 2 is 2.05 bits per heavy atom. The Morgan fingerprint density at radius 3 is 2.57 bits per heavy atom. The molecular weight excluding hydrogens is 336 g/mol. The van der Waals surface area contributed by atoms with Crippen molar-refractivity contribution in [1.29, 1.82) is 0 Å². The normalized spacial score (nSPS) is 12.3. The molecule has 0 saturated heterocycles. The number of aliphatic hydroxyl groups is 1. The van der Waals surface area contributed by atoms with Gasteiger partial charge in [0.2, 0.25) is 0 Å². The van der Waals surface area contributed by atoms with Gasteiger partial charge in [-0.2, -0.15) is 5.10 Å². The first-order valence-electron chi connectivity index (χ1n) is 6.55. The van der Waals surface area contributed by atoms with E-state index in [1.54, 1.807) is 25.0 Å². The van der Waals surface area contributed by atoms with Crippen LogP contribution >= 0.6 is 15.9 Å². The molecule has 0 aliphatic rings. The van der Waals surface area contributed by atoms with Crippen LogP contribution in [0.3, 0.4) is 0 Å². The number of hydrogen-bond donors (Lipinski definition) is 1. The molecule has 0 saturated carbocycles. The highest BCUT2D eigenvalue weighted by atomic mass is 79.9. The van der Waals surface area contributed by atoms with Crippen LogP contribution in [0, 0.1) is 6.92 Å². The molecule has 0 bridgehead atoms. The third-order valence-electron chi connectivity index (χ3n) is 3.45. The summed E-state index contributed by atoms with van der Waals surface area (Å²) in [6.45, 7) is 1.92. The monoisotopic (exact) mass is 354 g/mol. The van der Waals surface area contributed by atoms with Crippen molar-refractivity contribution in [2.24, 2.45) is 7.05 Å². The smallest absolute Gasteiger partial charge is 0.128 e. The summed E-state index contributed by atoms with van der Waals surface area (Å²) >= 11 is 3.51. The molecule has 1 N–H and O–H groups in total. The fourth-order valence-electron chi connectivity index (χ4n) is 2.29. The standard InChI is InChI=1S/C15H19BrN2O3/c1-9-15(16)12(18(2)17-9)8-13(19)11-6-5-10(20-3)7-14(11)21-4/h5-7,13,19H,8H2,1-4H3. The Labute approximate surface area is 132 Å². The summed E-state index contributed by atoms with van der Waals surface area (Å²) < 4.78 is 13.2. The van der Waals surface area contributed by atoms with Crippen molar-refractivity contribution < 1.29 is 14.6 Å². The van der Waals surface area contributed by atoms with Gasteiger partial charge in [-0.15, -0.1) is 0 Å². The topological polar surface area (TPSA) is 56.5 Å². The van der Waals surface area contributed by atoms with Crippen molar-refractivity contribution in [2.45, 2.75) is 19.4 Å². The predicted octanol–water partition coefficient (Wildman–Crippen LogP) is 2.78. The highest BCUT2D eigenvalue weighted by Crippen LogP contribution is 2.32. The average molecular weight is 355 g/mol. The number of ether oxygens (including phenoxy) is 2. The number of nitrogens with zero attached hydrogens (tertiary/aromatic N) is 2. The quantitative estimate of drug-likeness (QED) is 0.896. The van der Waals surface area contributed by atoms with Crippen molar-refractivity contribution in [1.82, 2.24) is 9.78 Å². The summed E-state index contributed by atoms with van der Waals surface area (Å²) in [4.78, 5) is 0. The Balaban J connectivity index is 2.30. The zero-order valence-electron chi connectivity index (χ0n) is 12.6. The van der Waals surface area contributed by atoms with E-state index in [2.05, 4.69) is 21.0 Å². The summed E-state index contributed by atoms with van der Waals surface area (Å²) in [6, 6.07) is 5.40. The number of benzene rings is 1. The molecule has 0 spiro atoms. The zero-order chi connectivity index (χ0) is 15.6. The lowest BCUT2D eigenvalue weighted by Gasteiger charge is -2.16. The molecule has 2 rings (SSSR count). The molecule has 21 heavy (non-hydrogen) atoms. The minimum atomic E-state index is -0.683. The average Bonchev–Trinajstić information content (AvgIpc) is 2.72. The van der Waals surface area contributed by atoms with Crippen LogP contribution in [0.5, 0.6) is 11.5 Å². The Bertz CT molecular complexity index is 640. The van der Waals surface area contributed by atoms with E-state index < -0.39 is 6.10 Å².